The van der Waals surface area contributed by atoms with Crippen molar-refractivity contribution in [3.63, 3.8) is 0 Å². The van der Waals surface area contributed by atoms with E-state index in [9.17, 15) is 14.2 Å². The third-order valence-corrected chi connectivity index (χ3v) is 5.19. The zero-order valence-corrected chi connectivity index (χ0v) is 15.5. The molecule has 25 heavy (non-hydrogen) atoms. The van der Waals surface area contributed by atoms with Gasteiger partial charge in [-0.25, -0.2) is 14.4 Å². The molecule has 0 aromatic carbocycles. The van der Waals surface area contributed by atoms with Gasteiger partial charge in [-0.3, -0.25) is 23.4 Å². The Balaban J connectivity index is 1.98. The number of aryl methyl sites for hydroxylation is 1. The van der Waals surface area contributed by atoms with Crippen LogP contribution in [0.1, 0.15) is 32.1 Å². The molecule has 1 aliphatic heterocycles. The molecule has 1 aliphatic rings. The fourth-order valence-electron chi connectivity index (χ4n) is 2.24. The molecule has 0 amide bonds. The van der Waals surface area contributed by atoms with E-state index < -0.39 is 31.3 Å². The van der Waals surface area contributed by atoms with Crippen LogP contribution in [0.4, 0.5) is 0 Å². The molecule has 0 saturated heterocycles. The van der Waals surface area contributed by atoms with Crippen LogP contribution in [0.2, 0.25) is 0 Å². The maximum absolute atomic E-state index is 12.5. The topological polar surface area (TPSA) is 112 Å². The molecule has 1 aromatic rings. The van der Waals surface area contributed by atoms with E-state index in [1.807, 2.05) is 6.92 Å². The van der Waals surface area contributed by atoms with Crippen molar-refractivity contribution < 1.29 is 18.3 Å². The third kappa shape index (κ3) is 5.23. The van der Waals surface area contributed by atoms with Gasteiger partial charge in [0.2, 0.25) is 0 Å². The van der Waals surface area contributed by atoms with Gasteiger partial charge in [-0.1, -0.05) is 13.0 Å². The van der Waals surface area contributed by atoms with E-state index in [2.05, 4.69) is 10.1 Å². The second-order valence-corrected chi connectivity index (χ2v) is 7.38. The van der Waals surface area contributed by atoms with Crippen LogP contribution in [0, 0.1) is 6.92 Å². The molecule has 140 valence electrons. The fraction of sp³-hybridized carbons (Fsp3) is 0.600. The van der Waals surface area contributed by atoms with Crippen LogP contribution >= 0.6 is 7.75 Å². The lowest BCUT2D eigenvalue weighted by atomic mass is 10.3. The van der Waals surface area contributed by atoms with Crippen molar-refractivity contribution in [2.45, 2.75) is 39.5 Å². The summed E-state index contributed by atoms with van der Waals surface area (Å²) in [6, 6.07) is 0. The highest BCUT2D eigenvalue weighted by Crippen LogP contribution is 2.43. The number of aromatic amines is 1. The molecule has 2 N–H and O–H groups in total. The van der Waals surface area contributed by atoms with Gasteiger partial charge in [-0.15, -0.1) is 0 Å². The first-order valence-electron chi connectivity index (χ1n) is 8.18. The minimum absolute atomic E-state index is 0.0120. The first kappa shape index (κ1) is 19.8. The smallest absolute Gasteiger partial charge is 0.344 e. The molecule has 2 heterocycles. The van der Waals surface area contributed by atoms with E-state index in [4.69, 9.17) is 13.8 Å². The van der Waals surface area contributed by atoms with Crippen LogP contribution in [-0.2, 0) is 18.3 Å². The molecule has 9 nitrogen and oxygen atoms in total. The number of aromatic nitrogens is 2. The molecule has 0 saturated carbocycles. The summed E-state index contributed by atoms with van der Waals surface area (Å²) in [5, 5.41) is 2.77. The SMILES string of the molecule is CCCNP(=O)(OCC)OC[C@@H]1C=C[C@H](n2cc(C)c(=O)[nH]c2=O)O1. The summed E-state index contributed by atoms with van der Waals surface area (Å²) in [5.41, 5.74) is -0.583. The zero-order valence-electron chi connectivity index (χ0n) is 14.6. The van der Waals surface area contributed by atoms with Gasteiger partial charge >= 0.3 is 13.4 Å². The molecule has 1 aromatic heterocycles. The van der Waals surface area contributed by atoms with Crippen LogP contribution < -0.4 is 16.3 Å². The summed E-state index contributed by atoms with van der Waals surface area (Å²) >= 11 is 0. The van der Waals surface area contributed by atoms with Crippen LogP contribution in [0.25, 0.3) is 0 Å². The Morgan fingerprint density at radius 1 is 1.32 bits per heavy atom. The second kappa shape index (κ2) is 8.73. The Bertz CT molecular complexity index is 771. The molecule has 0 aliphatic carbocycles. The Kier molecular flexibility index (Phi) is 6.92. The standard InChI is InChI=1S/C15H24N3O6P/c1-4-8-16-25(21,22-5-2)23-10-12-6-7-13(24-12)18-9-11(3)14(19)17-15(18)20/h6-7,9,12-13H,4-5,8,10H2,1-3H3,(H,16,21)(H,17,19,20)/t12-,13+,25?/m0/s1. The van der Waals surface area contributed by atoms with Crippen LogP contribution in [0.15, 0.2) is 27.9 Å². The van der Waals surface area contributed by atoms with E-state index in [0.717, 1.165) is 6.42 Å². The number of hydrogen-bond acceptors (Lipinski definition) is 6. The second-order valence-electron chi connectivity index (χ2n) is 5.55. The maximum atomic E-state index is 12.5. The minimum Gasteiger partial charge on any atom is -0.344 e. The van der Waals surface area contributed by atoms with Gasteiger partial charge in [0.05, 0.1) is 13.2 Å². The van der Waals surface area contributed by atoms with Gasteiger partial charge in [0.25, 0.3) is 5.56 Å². The largest absolute Gasteiger partial charge is 0.405 e. The highest BCUT2D eigenvalue weighted by molar-refractivity contribution is 7.51. The van der Waals surface area contributed by atoms with E-state index in [-0.39, 0.29) is 13.2 Å². The summed E-state index contributed by atoms with van der Waals surface area (Å²) in [6.45, 7) is 6.05. The van der Waals surface area contributed by atoms with Gasteiger partial charge in [-0.05, 0) is 26.3 Å². The summed E-state index contributed by atoms with van der Waals surface area (Å²) in [4.78, 5) is 25.6. The van der Waals surface area contributed by atoms with Gasteiger partial charge in [0.15, 0.2) is 6.23 Å². The predicted molar refractivity (Wildman–Crippen MR) is 92.6 cm³/mol. The van der Waals surface area contributed by atoms with Gasteiger partial charge in [0, 0.05) is 18.3 Å². The van der Waals surface area contributed by atoms with Crippen molar-refractivity contribution in [1.82, 2.24) is 14.6 Å². The van der Waals surface area contributed by atoms with Gasteiger partial charge in [-0.2, -0.15) is 0 Å². The first-order chi connectivity index (χ1) is 11.9. The van der Waals surface area contributed by atoms with Crippen molar-refractivity contribution in [1.29, 1.82) is 0 Å². The Morgan fingerprint density at radius 3 is 2.76 bits per heavy atom. The van der Waals surface area contributed by atoms with E-state index in [1.165, 1.54) is 10.8 Å². The molecule has 3 atom stereocenters. The van der Waals surface area contributed by atoms with Gasteiger partial charge in [0.1, 0.15) is 6.10 Å². The maximum Gasteiger partial charge on any atom is 0.405 e. The predicted octanol–water partition coefficient (Wildman–Crippen LogP) is 1.46. The molecular formula is C15H24N3O6P. The van der Waals surface area contributed by atoms with Crippen molar-refractivity contribution in [3.05, 3.63) is 44.8 Å². The van der Waals surface area contributed by atoms with Crippen LogP contribution in [0.5, 0.6) is 0 Å². The lowest BCUT2D eigenvalue weighted by molar-refractivity contribution is -0.00879. The summed E-state index contributed by atoms with van der Waals surface area (Å²) < 4.78 is 30.1. The molecule has 2 rings (SSSR count). The van der Waals surface area contributed by atoms with E-state index in [1.54, 1.807) is 26.0 Å². The zero-order chi connectivity index (χ0) is 18.4. The molecule has 10 heteroatoms. The molecular weight excluding hydrogens is 349 g/mol. The Hall–Kier alpha value is -1.51. The number of hydrogen-bond donors (Lipinski definition) is 2. The van der Waals surface area contributed by atoms with Crippen molar-refractivity contribution in [2.24, 2.45) is 0 Å². The average molecular weight is 373 g/mol. The first-order valence-corrected chi connectivity index (χ1v) is 9.73. The Labute approximate surface area is 145 Å². The highest BCUT2D eigenvalue weighted by Gasteiger charge is 2.28. The molecule has 0 spiro atoms. The summed E-state index contributed by atoms with van der Waals surface area (Å²) in [5.74, 6) is 0. The van der Waals surface area contributed by atoms with E-state index >= 15 is 0 Å². The normalized spacial score (nSPS) is 22.2. The lowest BCUT2D eigenvalue weighted by Gasteiger charge is -2.21. The minimum atomic E-state index is -3.38. The quantitative estimate of drug-likeness (QED) is 0.498. The highest BCUT2D eigenvalue weighted by atomic mass is 31.2. The molecule has 0 fully saturated rings. The number of nitrogens with zero attached hydrogens (tertiary/aromatic N) is 1. The number of H-pyrrole nitrogens is 1. The monoisotopic (exact) mass is 373 g/mol. The molecule has 1 unspecified atom stereocenters. The molecule has 0 bridgehead atoms. The lowest BCUT2D eigenvalue weighted by Crippen LogP contribution is -2.33. The third-order valence-electron chi connectivity index (χ3n) is 3.49. The Morgan fingerprint density at radius 2 is 2.08 bits per heavy atom. The average Bonchev–Trinajstić information content (AvgIpc) is 3.04. The van der Waals surface area contributed by atoms with Crippen LogP contribution in [-0.4, -0.2) is 35.4 Å². The van der Waals surface area contributed by atoms with Crippen molar-refractivity contribution >= 4 is 7.75 Å². The fourth-order valence-corrected chi connectivity index (χ4v) is 3.67. The van der Waals surface area contributed by atoms with E-state index in [0.29, 0.717) is 12.1 Å². The summed E-state index contributed by atoms with van der Waals surface area (Å²) in [7, 11) is -3.38. The number of ether oxygens (including phenoxy) is 1. The van der Waals surface area contributed by atoms with Crippen molar-refractivity contribution in [3.8, 4) is 0 Å². The summed E-state index contributed by atoms with van der Waals surface area (Å²) in [6.07, 6.45) is 4.48. The molecule has 0 radical (unpaired) electrons. The number of nitrogens with one attached hydrogen (secondary N) is 2. The number of rotatable bonds is 9. The van der Waals surface area contributed by atoms with Crippen LogP contribution in [0.3, 0.4) is 0 Å². The van der Waals surface area contributed by atoms with Crippen molar-refractivity contribution in [2.75, 3.05) is 19.8 Å². The van der Waals surface area contributed by atoms with Gasteiger partial charge < -0.3 is 4.74 Å².